The van der Waals surface area contributed by atoms with Gasteiger partial charge in [-0.05, 0) is 51.3 Å². The number of benzene rings is 1. The molecule has 3 heterocycles. The summed E-state index contributed by atoms with van der Waals surface area (Å²) in [6, 6.07) is 5.27. The third kappa shape index (κ3) is 3.84. The lowest BCUT2D eigenvalue weighted by Gasteiger charge is -2.40. The largest absolute Gasteiger partial charge is 0.549 e. The molecule has 4 aliphatic rings. The van der Waals surface area contributed by atoms with Gasteiger partial charge < -0.3 is 24.9 Å². The SMILES string of the molecule is CC(C)[N+]1(/C(=C\C(=O)O)C(=O)O)C(CC2CCCO2)=C2C[C@@H]3C(=C[C@@H](C(=O)[O-])CN3C)c3cccc1c32. The van der Waals surface area contributed by atoms with Crippen LogP contribution in [0.4, 0.5) is 5.69 Å². The fraction of sp³-hybridized carbons (Fsp3) is 0.464. The Kier molecular flexibility index (Phi) is 6.34. The highest BCUT2D eigenvalue weighted by molar-refractivity contribution is 6.04. The van der Waals surface area contributed by atoms with Crippen molar-refractivity contribution in [3.63, 3.8) is 0 Å². The van der Waals surface area contributed by atoms with E-state index in [4.69, 9.17) is 4.74 Å². The van der Waals surface area contributed by atoms with Crippen LogP contribution in [0.1, 0.15) is 50.7 Å². The van der Waals surface area contributed by atoms with Gasteiger partial charge in [0.2, 0.25) is 5.70 Å². The zero-order valence-electron chi connectivity index (χ0n) is 21.3. The van der Waals surface area contributed by atoms with Crippen molar-refractivity contribution in [1.82, 2.24) is 9.38 Å². The van der Waals surface area contributed by atoms with E-state index in [9.17, 15) is 29.7 Å². The summed E-state index contributed by atoms with van der Waals surface area (Å²) in [5.74, 6) is -4.49. The molecule has 1 aromatic rings. The second-order valence-electron chi connectivity index (χ2n) is 10.7. The molecule has 0 radical (unpaired) electrons. The minimum Gasteiger partial charge on any atom is -0.549 e. The van der Waals surface area contributed by atoms with E-state index in [0.29, 0.717) is 31.7 Å². The third-order valence-corrected chi connectivity index (χ3v) is 8.34. The number of likely N-dealkylation sites (N-methyl/N-ethyl adjacent to an activating group) is 1. The van der Waals surface area contributed by atoms with E-state index >= 15 is 0 Å². The van der Waals surface area contributed by atoms with Crippen molar-refractivity contribution in [2.75, 3.05) is 20.2 Å². The van der Waals surface area contributed by atoms with Gasteiger partial charge in [-0.25, -0.2) is 14.1 Å². The highest BCUT2D eigenvalue weighted by Gasteiger charge is 2.56. The number of carbonyl (C=O) groups excluding carboxylic acids is 1. The predicted molar refractivity (Wildman–Crippen MR) is 135 cm³/mol. The zero-order valence-corrected chi connectivity index (χ0v) is 21.3. The fourth-order valence-corrected chi connectivity index (χ4v) is 6.90. The Hall–Kier alpha value is -3.27. The van der Waals surface area contributed by atoms with Crippen LogP contribution >= 0.6 is 0 Å². The van der Waals surface area contributed by atoms with Gasteiger partial charge in [0, 0.05) is 49.1 Å². The van der Waals surface area contributed by atoms with Crippen molar-refractivity contribution in [3.05, 3.63) is 52.9 Å². The maximum absolute atomic E-state index is 12.7. The molecular weight excluding hydrogens is 476 g/mol. The Labute approximate surface area is 215 Å². The van der Waals surface area contributed by atoms with Gasteiger partial charge in [-0.3, -0.25) is 4.90 Å². The number of carboxylic acid groups (broad SMARTS) is 3. The van der Waals surface area contributed by atoms with E-state index in [2.05, 4.69) is 0 Å². The molecule has 37 heavy (non-hydrogen) atoms. The summed E-state index contributed by atoms with van der Waals surface area (Å²) >= 11 is 0. The van der Waals surface area contributed by atoms with Gasteiger partial charge in [0.1, 0.15) is 5.70 Å². The number of carboxylic acids is 3. The number of nitrogens with zero attached hydrogens (tertiary/aromatic N) is 2. The van der Waals surface area contributed by atoms with Crippen molar-refractivity contribution in [3.8, 4) is 0 Å². The number of hydrogen-bond acceptors (Lipinski definition) is 6. The number of fused-ring (bicyclic) bond motifs is 2. The molecule has 0 saturated carbocycles. The summed E-state index contributed by atoms with van der Waals surface area (Å²) in [6.07, 6.45) is 5.35. The molecule has 1 fully saturated rings. The van der Waals surface area contributed by atoms with Crippen LogP contribution in [0.3, 0.4) is 0 Å². The Morgan fingerprint density at radius 3 is 2.62 bits per heavy atom. The average molecular weight is 509 g/mol. The van der Waals surface area contributed by atoms with E-state index in [0.717, 1.165) is 46.9 Å². The first kappa shape index (κ1) is 25.4. The standard InChI is InChI=1S/C28H32N2O7/c1-15(2)30(24(28(35)36)13-25(31)32)22-8-4-7-18-19-10-16(27(33)34)14-29(3)21(19)12-20(26(18)22)23(30)11-17-6-5-9-37-17/h4,7-8,10,13,15-17,21H,5-6,9,11-12,14H2,1-3H3,(H2-,31,32,33,34,35,36)/b24-13-/t16-,17?,21-,30?/m1/s1. The van der Waals surface area contributed by atoms with Crippen LogP contribution in [-0.4, -0.2) is 71.4 Å². The molecule has 0 amide bonds. The summed E-state index contributed by atoms with van der Waals surface area (Å²) < 4.78 is 5.80. The van der Waals surface area contributed by atoms with E-state index in [1.165, 1.54) is 0 Å². The summed E-state index contributed by atoms with van der Waals surface area (Å²) in [6.45, 7) is 4.79. The quantitative estimate of drug-likeness (QED) is 0.424. The summed E-state index contributed by atoms with van der Waals surface area (Å²) in [4.78, 5) is 38.5. The minimum absolute atomic E-state index is 0.0834. The first-order valence-corrected chi connectivity index (χ1v) is 12.8. The molecule has 1 aliphatic carbocycles. The number of quaternary nitrogens is 1. The molecule has 0 spiro atoms. The lowest BCUT2D eigenvalue weighted by molar-refractivity contribution is -0.310. The smallest absolute Gasteiger partial charge is 0.391 e. The molecule has 0 aromatic heterocycles. The molecule has 1 aromatic carbocycles. The van der Waals surface area contributed by atoms with Crippen LogP contribution in [0.2, 0.25) is 0 Å². The molecule has 3 aliphatic heterocycles. The molecule has 9 nitrogen and oxygen atoms in total. The molecule has 4 atom stereocenters. The number of aliphatic carboxylic acids is 3. The molecule has 5 rings (SSSR count). The normalized spacial score (nSPS) is 29.2. The topological polar surface area (TPSA) is 127 Å². The number of rotatable bonds is 7. The first-order chi connectivity index (χ1) is 17.6. The van der Waals surface area contributed by atoms with Crippen LogP contribution in [-0.2, 0) is 19.1 Å². The van der Waals surface area contributed by atoms with Crippen LogP contribution in [0.15, 0.2) is 41.7 Å². The number of ether oxygens (including phenoxy) is 1. The second kappa shape index (κ2) is 9.24. The molecule has 2 unspecified atom stereocenters. The summed E-state index contributed by atoms with van der Waals surface area (Å²) in [5.41, 5.74) is 5.00. The molecule has 1 saturated heterocycles. The van der Waals surface area contributed by atoms with Crippen molar-refractivity contribution in [2.24, 2.45) is 5.92 Å². The second-order valence-corrected chi connectivity index (χ2v) is 10.7. The summed E-state index contributed by atoms with van der Waals surface area (Å²) in [5, 5.41) is 31.9. The van der Waals surface area contributed by atoms with Gasteiger partial charge >= 0.3 is 11.9 Å². The number of hydrogen-bond donors (Lipinski definition) is 2. The Morgan fingerprint density at radius 2 is 2.03 bits per heavy atom. The van der Waals surface area contributed by atoms with Crippen LogP contribution in [0.25, 0.3) is 11.1 Å². The maximum Gasteiger partial charge on any atom is 0.391 e. The molecule has 0 bridgehead atoms. The van der Waals surface area contributed by atoms with Crippen LogP contribution < -0.4 is 9.59 Å². The van der Waals surface area contributed by atoms with E-state index in [1.54, 1.807) is 6.08 Å². The van der Waals surface area contributed by atoms with Gasteiger partial charge in [0.05, 0.1) is 23.8 Å². The Balaban J connectivity index is 1.84. The van der Waals surface area contributed by atoms with Gasteiger partial charge in [0.25, 0.3) is 0 Å². The maximum atomic E-state index is 12.7. The fourth-order valence-electron chi connectivity index (χ4n) is 6.90. The van der Waals surface area contributed by atoms with Gasteiger partial charge in [-0.1, -0.05) is 18.2 Å². The molecule has 196 valence electrons. The predicted octanol–water partition coefficient (Wildman–Crippen LogP) is 2.22. The highest BCUT2D eigenvalue weighted by Crippen LogP contribution is 2.58. The monoisotopic (exact) mass is 508 g/mol. The first-order valence-electron chi connectivity index (χ1n) is 12.8. The van der Waals surface area contributed by atoms with Crippen molar-refractivity contribution in [2.45, 2.75) is 57.7 Å². The Morgan fingerprint density at radius 1 is 1.27 bits per heavy atom. The van der Waals surface area contributed by atoms with Crippen molar-refractivity contribution >= 4 is 34.7 Å². The van der Waals surface area contributed by atoms with E-state index in [-0.39, 0.29) is 28.4 Å². The average Bonchev–Trinajstić information content (AvgIpc) is 3.44. The van der Waals surface area contributed by atoms with Crippen LogP contribution in [0, 0.1) is 5.92 Å². The Bertz CT molecular complexity index is 1270. The highest BCUT2D eigenvalue weighted by atomic mass is 16.5. The molecular formula is C28H32N2O7. The zero-order chi connectivity index (χ0) is 26.6. The van der Waals surface area contributed by atoms with E-state index in [1.807, 2.05) is 44.0 Å². The summed E-state index contributed by atoms with van der Waals surface area (Å²) in [7, 11) is 1.90. The lowest BCUT2D eigenvalue weighted by atomic mass is 9.76. The lowest BCUT2D eigenvalue weighted by Crippen LogP contribution is -2.54. The van der Waals surface area contributed by atoms with Crippen molar-refractivity contribution < 1.29 is 34.4 Å². The van der Waals surface area contributed by atoms with Gasteiger partial charge in [-0.15, -0.1) is 0 Å². The molecule has 2 N–H and O–H groups in total. The third-order valence-electron chi connectivity index (χ3n) is 8.34. The van der Waals surface area contributed by atoms with Crippen LogP contribution in [0.5, 0.6) is 0 Å². The minimum atomic E-state index is -1.32. The van der Waals surface area contributed by atoms with E-state index < -0.39 is 23.8 Å². The van der Waals surface area contributed by atoms with Gasteiger partial charge in [0.15, 0.2) is 5.69 Å². The van der Waals surface area contributed by atoms with Crippen molar-refractivity contribution in [1.29, 1.82) is 0 Å². The number of carbonyl (C=O) groups is 3. The molecule has 9 heteroatoms. The van der Waals surface area contributed by atoms with Gasteiger partial charge in [-0.2, -0.15) is 0 Å².